The molecule has 4 aromatic rings. The first-order chi connectivity index (χ1) is 13.6. The molecule has 1 N–H and O–H groups in total. The summed E-state index contributed by atoms with van der Waals surface area (Å²) < 4.78 is 10.2. The normalized spacial score (nSPS) is 10.6. The van der Waals surface area contributed by atoms with Crippen LogP contribution in [0, 0.1) is 0 Å². The quantitative estimate of drug-likeness (QED) is 0.550. The largest absolute Gasteiger partial charge is 0.480 e. The molecule has 0 aliphatic heterocycles. The number of hydrogen-bond donors (Lipinski definition) is 1. The van der Waals surface area contributed by atoms with Gasteiger partial charge in [0.15, 0.2) is 0 Å². The van der Waals surface area contributed by atoms with Crippen LogP contribution in [-0.2, 0) is 0 Å². The van der Waals surface area contributed by atoms with E-state index in [4.69, 9.17) is 9.15 Å². The van der Waals surface area contributed by atoms with E-state index in [0.717, 1.165) is 5.56 Å². The fraction of sp³-hybridized carbons (Fsp3) is 0.0476. The Bertz CT molecular complexity index is 1220. The highest BCUT2D eigenvalue weighted by molar-refractivity contribution is 6.05. The molecule has 0 bridgehead atoms. The van der Waals surface area contributed by atoms with Crippen molar-refractivity contribution in [3.63, 3.8) is 0 Å². The number of aromatic nitrogens is 2. The molecule has 0 saturated heterocycles. The number of carbonyl (C=O) groups is 1. The second kappa shape index (κ2) is 7.32. The molecular weight excluding hydrogens is 358 g/mol. The van der Waals surface area contributed by atoms with Crippen molar-refractivity contribution in [1.29, 1.82) is 0 Å². The van der Waals surface area contributed by atoms with Gasteiger partial charge in [0.1, 0.15) is 11.1 Å². The molecule has 1 amide bonds. The Morgan fingerprint density at radius 2 is 1.86 bits per heavy atom. The number of nitrogens with zero attached hydrogens (tertiary/aromatic N) is 2. The summed E-state index contributed by atoms with van der Waals surface area (Å²) in [4.78, 5) is 24.8. The van der Waals surface area contributed by atoms with Gasteiger partial charge < -0.3 is 14.5 Å². The molecule has 0 aliphatic carbocycles. The van der Waals surface area contributed by atoms with E-state index >= 15 is 0 Å². The number of fused-ring (bicyclic) bond motifs is 1. The van der Waals surface area contributed by atoms with E-state index in [1.165, 1.54) is 13.2 Å². The maximum atomic E-state index is 12.6. The third-order valence-corrected chi connectivity index (χ3v) is 4.15. The number of rotatable bonds is 4. The van der Waals surface area contributed by atoms with Crippen molar-refractivity contribution in [1.82, 2.24) is 10.2 Å². The lowest BCUT2D eigenvalue weighted by Crippen LogP contribution is -2.20. The minimum absolute atomic E-state index is 0.0617. The van der Waals surface area contributed by atoms with Crippen molar-refractivity contribution in [2.75, 3.05) is 12.4 Å². The van der Waals surface area contributed by atoms with Gasteiger partial charge in [0, 0.05) is 22.7 Å². The molecule has 0 radical (unpaired) electrons. The van der Waals surface area contributed by atoms with Crippen molar-refractivity contribution in [3.05, 3.63) is 82.7 Å². The van der Waals surface area contributed by atoms with Crippen LogP contribution in [0.5, 0.6) is 5.88 Å². The summed E-state index contributed by atoms with van der Waals surface area (Å²) in [5.41, 5.74) is 1.60. The van der Waals surface area contributed by atoms with Gasteiger partial charge >= 0.3 is 5.63 Å². The molecule has 7 nitrogen and oxygen atoms in total. The molecule has 0 spiro atoms. The van der Waals surface area contributed by atoms with Gasteiger partial charge in [0.2, 0.25) is 5.88 Å². The summed E-state index contributed by atoms with van der Waals surface area (Å²) in [6, 6.07) is 19.1. The fourth-order valence-corrected chi connectivity index (χ4v) is 2.76. The Morgan fingerprint density at radius 1 is 1.00 bits per heavy atom. The molecule has 138 valence electrons. The van der Waals surface area contributed by atoms with Gasteiger partial charge in [0.25, 0.3) is 5.91 Å². The zero-order valence-electron chi connectivity index (χ0n) is 14.9. The minimum Gasteiger partial charge on any atom is -0.480 e. The molecule has 2 aromatic heterocycles. The summed E-state index contributed by atoms with van der Waals surface area (Å²) >= 11 is 0. The van der Waals surface area contributed by atoms with E-state index in [1.54, 1.807) is 48.5 Å². The van der Waals surface area contributed by atoms with Crippen LogP contribution in [0.15, 0.2) is 75.9 Å². The van der Waals surface area contributed by atoms with E-state index < -0.39 is 11.5 Å². The van der Waals surface area contributed by atoms with Gasteiger partial charge in [0.05, 0.1) is 12.8 Å². The van der Waals surface area contributed by atoms with E-state index in [9.17, 15) is 9.59 Å². The number of benzene rings is 2. The van der Waals surface area contributed by atoms with Crippen LogP contribution in [0.25, 0.3) is 22.2 Å². The number of carbonyl (C=O) groups excluding carboxylic acids is 1. The molecule has 2 heterocycles. The Hall–Kier alpha value is -4.00. The average molecular weight is 373 g/mol. The minimum atomic E-state index is -0.687. The van der Waals surface area contributed by atoms with Crippen LogP contribution in [-0.4, -0.2) is 23.2 Å². The van der Waals surface area contributed by atoms with Crippen molar-refractivity contribution >= 4 is 22.6 Å². The average Bonchev–Trinajstić information content (AvgIpc) is 2.73. The predicted octanol–water partition coefficient (Wildman–Crippen LogP) is 3.51. The number of amides is 1. The molecule has 0 aliphatic rings. The van der Waals surface area contributed by atoms with Gasteiger partial charge in [-0.05, 0) is 30.3 Å². The summed E-state index contributed by atoms with van der Waals surface area (Å²) in [7, 11) is 1.52. The summed E-state index contributed by atoms with van der Waals surface area (Å²) in [6.07, 6.45) is 0. The highest BCUT2D eigenvalue weighted by atomic mass is 16.5. The maximum absolute atomic E-state index is 12.6. The summed E-state index contributed by atoms with van der Waals surface area (Å²) in [5, 5.41) is 11.4. The number of ether oxygens (including phenoxy) is 1. The molecule has 2 aromatic carbocycles. The fourth-order valence-electron chi connectivity index (χ4n) is 2.76. The van der Waals surface area contributed by atoms with Crippen molar-refractivity contribution < 1.29 is 13.9 Å². The van der Waals surface area contributed by atoms with E-state index in [0.29, 0.717) is 28.2 Å². The number of methoxy groups -OCH3 is 1. The number of hydrogen-bond acceptors (Lipinski definition) is 6. The third-order valence-electron chi connectivity index (χ3n) is 4.15. The Balaban J connectivity index is 1.61. The van der Waals surface area contributed by atoms with Gasteiger partial charge in [-0.3, -0.25) is 4.79 Å². The van der Waals surface area contributed by atoms with Gasteiger partial charge in [-0.2, -0.15) is 0 Å². The number of nitrogens with one attached hydrogen (secondary N) is 1. The second-order valence-corrected chi connectivity index (χ2v) is 5.98. The Morgan fingerprint density at radius 3 is 2.64 bits per heavy atom. The predicted molar refractivity (Wildman–Crippen MR) is 104 cm³/mol. The van der Waals surface area contributed by atoms with Crippen molar-refractivity contribution in [3.8, 4) is 17.1 Å². The third kappa shape index (κ3) is 3.45. The smallest absolute Gasteiger partial charge is 0.349 e. The topological polar surface area (TPSA) is 94.3 Å². The molecule has 7 heteroatoms. The highest BCUT2D eigenvalue weighted by Crippen LogP contribution is 2.22. The summed E-state index contributed by atoms with van der Waals surface area (Å²) in [5.74, 6) is -0.131. The molecule has 0 saturated carbocycles. The van der Waals surface area contributed by atoms with Crippen LogP contribution in [0.4, 0.5) is 5.69 Å². The zero-order valence-corrected chi connectivity index (χ0v) is 14.9. The van der Waals surface area contributed by atoms with Gasteiger partial charge in [-0.15, -0.1) is 10.2 Å². The number of para-hydroxylation sites is 1. The van der Waals surface area contributed by atoms with Gasteiger partial charge in [-0.1, -0.05) is 30.3 Å². The monoisotopic (exact) mass is 373 g/mol. The van der Waals surface area contributed by atoms with E-state index in [2.05, 4.69) is 15.5 Å². The van der Waals surface area contributed by atoms with Crippen LogP contribution in [0.2, 0.25) is 0 Å². The molecule has 0 fully saturated rings. The van der Waals surface area contributed by atoms with Crippen LogP contribution in [0.1, 0.15) is 10.4 Å². The standard InChI is InChI=1S/C21H15N3O4/c1-27-19-10-9-17(23-24-19)13-6-4-7-15(11-13)22-20(25)16-12-14-5-2-3-8-18(14)28-21(16)26/h2-12H,1H3,(H,22,25). The molecule has 28 heavy (non-hydrogen) atoms. The van der Waals surface area contributed by atoms with Crippen molar-refractivity contribution in [2.24, 2.45) is 0 Å². The lowest BCUT2D eigenvalue weighted by atomic mass is 10.1. The first-order valence-electron chi connectivity index (χ1n) is 8.46. The lowest BCUT2D eigenvalue weighted by molar-refractivity contribution is 0.102. The Kier molecular flexibility index (Phi) is 4.55. The first-order valence-corrected chi connectivity index (χ1v) is 8.46. The van der Waals surface area contributed by atoms with Crippen molar-refractivity contribution in [2.45, 2.75) is 0 Å². The van der Waals surface area contributed by atoms with Crippen LogP contribution < -0.4 is 15.7 Å². The zero-order chi connectivity index (χ0) is 19.5. The highest BCUT2D eigenvalue weighted by Gasteiger charge is 2.14. The maximum Gasteiger partial charge on any atom is 0.349 e. The van der Waals surface area contributed by atoms with Gasteiger partial charge in [-0.25, -0.2) is 4.79 Å². The van der Waals surface area contributed by atoms with Crippen LogP contribution >= 0.6 is 0 Å². The molecule has 0 atom stereocenters. The van der Waals surface area contributed by atoms with E-state index in [1.807, 2.05) is 12.1 Å². The second-order valence-electron chi connectivity index (χ2n) is 5.98. The number of anilines is 1. The van der Waals surface area contributed by atoms with E-state index in [-0.39, 0.29) is 5.56 Å². The Labute approximate surface area is 159 Å². The van der Waals surface area contributed by atoms with Crippen LogP contribution in [0.3, 0.4) is 0 Å². The molecule has 4 rings (SSSR count). The SMILES string of the molecule is COc1ccc(-c2cccc(NC(=O)c3cc4ccccc4oc3=O)c2)nn1. The lowest BCUT2D eigenvalue weighted by Gasteiger charge is -2.07. The molecule has 0 unspecified atom stereocenters. The summed E-state index contributed by atoms with van der Waals surface area (Å²) in [6.45, 7) is 0. The molecular formula is C21H15N3O4. The first kappa shape index (κ1) is 17.4.